The molecule has 0 unspecified atom stereocenters. The quantitative estimate of drug-likeness (QED) is 0.566. The Morgan fingerprint density at radius 1 is 1.09 bits per heavy atom. The molecular weight excluding hydrogens is 456 g/mol. The Hall–Kier alpha value is -3.72. The number of nitrogens with zero attached hydrogens (tertiary/aromatic N) is 3. The van der Waals surface area contributed by atoms with Gasteiger partial charge < -0.3 is 24.4 Å². The maximum absolute atomic E-state index is 13.5. The van der Waals surface area contributed by atoms with Crippen molar-refractivity contribution in [3.8, 4) is 11.5 Å². The van der Waals surface area contributed by atoms with Crippen LogP contribution in [0.2, 0.25) is 0 Å². The molecule has 0 atom stereocenters. The fourth-order valence-corrected chi connectivity index (χ4v) is 4.35. The molecule has 0 spiro atoms. The minimum absolute atomic E-state index is 0.0697. The number of carbonyl (C=O) groups is 1. The summed E-state index contributed by atoms with van der Waals surface area (Å²) in [5.74, 6) is -0.260. The van der Waals surface area contributed by atoms with Crippen LogP contribution < -0.4 is 9.64 Å². The highest BCUT2D eigenvalue weighted by atomic mass is 19.3. The zero-order valence-corrected chi connectivity index (χ0v) is 19.0. The van der Waals surface area contributed by atoms with E-state index in [-0.39, 0.29) is 17.9 Å². The largest absolute Gasteiger partial charge is 0.507 e. The molecule has 3 aromatic rings. The Bertz CT molecular complexity index is 1220. The van der Waals surface area contributed by atoms with E-state index < -0.39 is 23.6 Å². The molecule has 1 amide bonds. The SMILES string of the molecule is O=C(c1c(O)cc(C(F)F)cc1OCc1ccccc1)N1Cc2cnc(N3CCOCC3)cc2C1. The number of amides is 1. The van der Waals surface area contributed by atoms with E-state index in [0.717, 1.165) is 47.7 Å². The Labute approximate surface area is 201 Å². The van der Waals surface area contributed by atoms with Crippen LogP contribution in [0.5, 0.6) is 11.5 Å². The molecule has 182 valence electrons. The van der Waals surface area contributed by atoms with E-state index in [1.54, 1.807) is 11.1 Å². The van der Waals surface area contributed by atoms with Gasteiger partial charge in [-0.3, -0.25) is 4.79 Å². The predicted molar refractivity (Wildman–Crippen MR) is 125 cm³/mol. The number of hydrogen-bond acceptors (Lipinski definition) is 6. The number of aromatic nitrogens is 1. The van der Waals surface area contributed by atoms with Gasteiger partial charge in [-0.2, -0.15) is 0 Å². The lowest BCUT2D eigenvalue weighted by molar-refractivity contribution is 0.0742. The van der Waals surface area contributed by atoms with Gasteiger partial charge in [0.1, 0.15) is 29.5 Å². The molecule has 1 aromatic heterocycles. The first kappa shape index (κ1) is 23.0. The summed E-state index contributed by atoms with van der Waals surface area (Å²) in [5, 5.41) is 10.6. The average molecular weight is 481 g/mol. The normalized spacial score (nSPS) is 15.4. The van der Waals surface area contributed by atoms with Crippen LogP contribution in [-0.2, 0) is 24.4 Å². The molecule has 0 radical (unpaired) electrons. The van der Waals surface area contributed by atoms with E-state index >= 15 is 0 Å². The topological polar surface area (TPSA) is 75.1 Å². The summed E-state index contributed by atoms with van der Waals surface area (Å²) < 4.78 is 38.0. The molecule has 5 rings (SSSR count). The second-order valence-corrected chi connectivity index (χ2v) is 8.56. The van der Waals surface area contributed by atoms with E-state index in [4.69, 9.17) is 9.47 Å². The lowest BCUT2D eigenvalue weighted by Crippen LogP contribution is -2.36. The molecule has 1 saturated heterocycles. The second kappa shape index (κ2) is 9.87. The third kappa shape index (κ3) is 4.90. The molecule has 0 saturated carbocycles. The van der Waals surface area contributed by atoms with Crippen molar-refractivity contribution in [2.24, 2.45) is 0 Å². The van der Waals surface area contributed by atoms with Crippen LogP contribution in [0.4, 0.5) is 14.6 Å². The van der Waals surface area contributed by atoms with Crippen molar-refractivity contribution in [2.45, 2.75) is 26.1 Å². The first-order valence-electron chi connectivity index (χ1n) is 11.4. The maximum Gasteiger partial charge on any atom is 0.264 e. The summed E-state index contributed by atoms with van der Waals surface area (Å²) >= 11 is 0. The molecule has 0 bridgehead atoms. The van der Waals surface area contributed by atoms with E-state index in [1.165, 1.54) is 0 Å². The number of hydrogen-bond donors (Lipinski definition) is 1. The van der Waals surface area contributed by atoms with Crippen molar-refractivity contribution in [3.63, 3.8) is 0 Å². The van der Waals surface area contributed by atoms with Crippen molar-refractivity contribution in [1.29, 1.82) is 0 Å². The monoisotopic (exact) mass is 481 g/mol. The Kier molecular flexibility index (Phi) is 6.50. The Balaban J connectivity index is 1.39. The molecule has 2 aliphatic heterocycles. The van der Waals surface area contributed by atoms with Crippen molar-refractivity contribution in [3.05, 3.63) is 82.5 Å². The van der Waals surface area contributed by atoms with Crippen LogP contribution in [0.1, 0.15) is 39.0 Å². The molecule has 7 nitrogen and oxygen atoms in total. The minimum atomic E-state index is -2.81. The van der Waals surface area contributed by atoms with Gasteiger partial charge in [0.05, 0.1) is 13.2 Å². The second-order valence-electron chi connectivity index (χ2n) is 8.56. The standard InChI is InChI=1S/C26H25F2N3O4/c27-25(28)18-10-21(32)24(22(11-18)35-16-17-4-2-1-3-5-17)26(33)31-14-19-12-23(29-13-20(19)15-31)30-6-8-34-9-7-30/h1-5,10-13,25,32H,6-9,14-16H2. The van der Waals surface area contributed by atoms with Crippen molar-refractivity contribution in [1.82, 2.24) is 9.88 Å². The number of anilines is 1. The number of aromatic hydroxyl groups is 1. The summed E-state index contributed by atoms with van der Waals surface area (Å²) in [7, 11) is 0. The molecule has 35 heavy (non-hydrogen) atoms. The summed E-state index contributed by atoms with van der Waals surface area (Å²) in [6, 6.07) is 13.2. The van der Waals surface area contributed by atoms with E-state index in [2.05, 4.69) is 9.88 Å². The summed E-state index contributed by atoms with van der Waals surface area (Å²) in [4.78, 5) is 21.7. The van der Waals surface area contributed by atoms with Crippen molar-refractivity contribution < 1.29 is 28.2 Å². The zero-order chi connectivity index (χ0) is 24.4. The number of phenols is 1. The number of phenolic OH excluding ortho intramolecular Hbond substituents is 1. The third-order valence-electron chi connectivity index (χ3n) is 6.22. The highest BCUT2D eigenvalue weighted by Gasteiger charge is 2.30. The molecule has 3 heterocycles. The minimum Gasteiger partial charge on any atom is -0.507 e. The number of halogens is 2. The van der Waals surface area contributed by atoms with Gasteiger partial charge in [-0.05, 0) is 34.9 Å². The summed E-state index contributed by atoms with van der Waals surface area (Å²) in [6.45, 7) is 3.48. The highest BCUT2D eigenvalue weighted by molar-refractivity contribution is 6.00. The van der Waals surface area contributed by atoms with Gasteiger partial charge in [-0.1, -0.05) is 30.3 Å². The van der Waals surface area contributed by atoms with Crippen LogP contribution in [0.25, 0.3) is 0 Å². The number of ether oxygens (including phenoxy) is 2. The van der Waals surface area contributed by atoms with E-state index in [1.807, 2.05) is 36.4 Å². The van der Waals surface area contributed by atoms with Crippen molar-refractivity contribution in [2.75, 3.05) is 31.2 Å². The molecular formula is C26H25F2N3O4. The number of alkyl halides is 2. The molecule has 1 N–H and O–H groups in total. The number of pyridine rings is 1. The van der Waals surface area contributed by atoms with Crippen molar-refractivity contribution >= 4 is 11.7 Å². The van der Waals surface area contributed by atoms with Gasteiger partial charge in [-0.25, -0.2) is 13.8 Å². The van der Waals surface area contributed by atoms with Gasteiger partial charge in [0.25, 0.3) is 12.3 Å². The summed E-state index contributed by atoms with van der Waals surface area (Å²) in [6.07, 6.45) is -1.05. The van der Waals surface area contributed by atoms with Gasteiger partial charge >= 0.3 is 0 Å². The fourth-order valence-electron chi connectivity index (χ4n) is 4.35. The summed E-state index contributed by atoms with van der Waals surface area (Å²) in [5.41, 5.74) is 2.14. The lowest BCUT2D eigenvalue weighted by atomic mass is 10.1. The Morgan fingerprint density at radius 3 is 2.57 bits per heavy atom. The lowest BCUT2D eigenvalue weighted by Gasteiger charge is -2.28. The van der Waals surface area contributed by atoms with Gasteiger partial charge in [0.15, 0.2) is 0 Å². The number of rotatable bonds is 6. The number of morpholine rings is 1. The molecule has 9 heteroatoms. The molecule has 2 aliphatic rings. The highest BCUT2D eigenvalue weighted by Crippen LogP contribution is 2.37. The first-order chi connectivity index (χ1) is 17.0. The Morgan fingerprint density at radius 2 is 1.83 bits per heavy atom. The third-order valence-corrected chi connectivity index (χ3v) is 6.22. The van der Waals surface area contributed by atoms with Crippen LogP contribution in [0.15, 0.2) is 54.7 Å². The smallest absolute Gasteiger partial charge is 0.264 e. The zero-order valence-electron chi connectivity index (χ0n) is 19.0. The van der Waals surface area contributed by atoms with Gasteiger partial charge in [0, 0.05) is 37.9 Å². The molecule has 2 aromatic carbocycles. The van der Waals surface area contributed by atoms with E-state index in [0.29, 0.717) is 26.3 Å². The predicted octanol–water partition coefficient (Wildman–Crippen LogP) is 4.30. The molecule has 1 fully saturated rings. The average Bonchev–Trinajstić information content (AvgIpc) is 3.31. The van der Waals surface area contributed by atoms with Crippen LogP contribution in [0, 0.1) is 0 Å². The van der Waals surface area contributed by atoms with Crippen LogP contribution >= 0.6 is 0 Å². The number of carbonyl (C=O) groups excluding carboxylic acids is 1. The molecule has 0 aliphatic carbocycles. The number of fused-ring (bicyclic) bond motifs is 1. The van der Waals surface area contributed by atoms with Gasteiger partial charge in [0.2, 0.25) is 0 Å². The fraction of sp³-hybridized carbons (Fsp3) is 0.308. The number of benzene rings is 2. The maximum atomic E-state index is 13.5. The van der Waals surface area contributed by atoms with Crippen LogP contribution in [-0.4, -0.2) is 47.2 Å². The van der Waals surface area contributed by atoms with Crippen LogP contribution in [0.3, 0.4) is 0 Å². The van der Waals surface area contributed by atoms with E-state index in [9.17, 15) is 18.7 Å². The van der Waals surface area contributed by atoms with Gasteiger partial charge in [-0.15, -0.1) is 0 Å². The first-order valence-corrected chi connectivity index (χ1v) is 11.4.